The Morgan fingerprint density at radius 1 is 1.06 bits per heavy atom. The maximum absolute atomic E-state index is 5.88. The van der Waals surface area contributed by atoms with Gasteiger partial charge in [0, 0.05) is 19.6 Å². The molecule has 1 unspecified atom stereocenters. The summed E-state index contributed by atoms with van der Waals surface area (Å²) in [5, 5.41) is 0. The smallest absolute Gasteiger partial charge is 0.0109 e. The zero-order valence-corrected chi connectivity index (χ0v) is 12.6. The van der Waals surface area contributed by atoms with Gasteiger partial charge >= 0.3 is 0 Å². The first kappa shape index (κ1) is 16.9. The molecule has 0 radical (unpaired) electrons. The topological polar surface area (TPSA) is 32.5 Å². The van der Waals surface area contributed by atoms with Crippen LogP contribution in [-0.4, -0.2) is 56.6 Å². The highest BCUT2D eigenvalue weighted by molar-refractivity contribution is 4.69. The normalized spacial score (nSPS) is 13.9. The molecule has 0 saturated heterocycles. The Bertz CT molecular complexity index is 169. The Morgan fingerprint density at radius 3 is 2.12 bits per heavy atom. The Kier molecular flexibility index (Phi) is 9.79. The molecule has 104 valence electrons. The van der Waals surface area contributed by atoms with Crippen LogP contribution >= 0.6 is 0 Å². The summed E-state index contributed by atoms with van der Waals surface area (Å²) < 4.78 is 0. The van der Waals surface area contributed by atoms with Crippen molar-refractivity contribution in [2.45, 2.75) is 33.6 Å². The fraction of sp³-hybridized carbons (Fsp3) is 1.00. The SMILES string of the molecule is CCCN(CCN(C)C)CC(CN)CC(C)C. The minimum absolute atomic E-state index is 0.656. The molecule has 17 heavy (non-hydrogen) atoms. The van der Waals surface area contributed by atoms with Crippen molar-refractivity contribution in [2.24, 2.45) is 17.6 Å². The van der Waals surface area contributed by atoms with Crippen LogP contribution in [-0.2, 0) is 0 Å². The molecule has 0 aromatic rings. The molecule has 0 aromatic carbocycles. The van der Waals surface area contributed by atoms with Gasteiger partial charge in [-0.2, -0.15) is 0 Å². The van der Waals surface area contributed by atoms with E-state index in [9.17, 15) is 0 Å². The summed E-state index contributed by atoms with van der Waals surface area (Å²) in [6.07, 6.45) is 2.48. The summed E-state index contributed by atoms with van der Waals surface area (Å²) in [5.41, 5.74) is 5.88. The lowest BCUT2D eigenvalue weighted by Gasteiger charge is -2.28. The Balaban J connectivity index is 4.09. The highest BCUT2D eigenvalue weighted by Crippen LogP contribution is 2.12. The molecule has 0 rings (SSSR count). The number of hydrogen-bond acceptors (Lipinski definition) is 3. The van der Waals surface area contributed by atoms with Gasteiger partial charge in [0.25, 0.3) is 0 Å². The van der Waals surface area contributed by atoms with Gasteiger partial charge in [-0.1, -0.05) is 20.8 Å². The van der Waals surface area contributed by atoms with E-state index < -0.39 is 0 Å². The second-order valence-corrected chi connectivity index (χ2v) is 5.84. The van der Waals surface area contributed by atoms with Gasteiger partial charge < -0.3 is 15.5 Å². The zero-order valence-electron chi connectivity index (χ0n) is 12.6. The maximum Gasteiger partial charge on any atom is 0.0109 e. The molecular weight excluding hydrogens is 210 g/mol. The number of hydrogen-bond donors (Lipinski definition) is 1. The lowest BCUT2D eigenvalue weighted by atomic mass is 9.96. The third kappa shape index (κ3) is 9.57. The van der Waals surface area contributed by atoms with Crippen molar-refractivity contribution in [1.29, 1.82) is 0 Å². The first-order chi connectivity index (χ1) is 7.99. The average molecular weight is 243 g/mol. The van der Waals surface area contributed by atoms with Crippen molar-refractivity contribution in [3.8, 4) is 0 Å². The summed E-state index contributed by atoms with van der Waals surface area (Å²) >= 11 is 0. The Labute approximate surface area is 108 Å². The fourth-order valence-electron chi connectivity index (χ4n) is 2.23. The number of likely N-dealkylation sites (N-methyl/N-ethyl adjacent to an activating group) is 1. The first-order valence-corrected chi connectivity index (χ1v) is 7.06. The molecular formula is C14H33N3. The van der Waals surface area contributed by atoms with Crippen LogP contribution in [0.4, 0.5) is 0 Å². The van der Waals surface area contributed by atoms with Crippen LogP contribution in [0.25, 0.3) is 0 Å². The number of nitrogens with two attached hydrogens (primary N) is 1. The largest absolute Gasteiger partial charge is 0.330 e. The van der Waals surface area contributed by atoms with Gasteiger partial charge in [0.15, 0.2) is 0 Å². The summed E-state index contributed by atoms with van der Waals surface area (Å²) in [6, 6.07) is 0. The van der Waals surface area contributed by atoms with Crippen LogP contribution in [0.1, 0.15) is 33.6 Å². The predicted octanol–water partition coefficient (Wildman–Crippen LogP) is 1.88. The summed E-state index contributed by atoms with van der Waals surface area (Å²) in [5.74, 6) is 1.41. The van der Waals surface area contributed by atoms with Crippen molar-refractivity contribution >= 4 is 0 Å². The molecule has 0 heterocycles. The number of rotatable bonds is 10. The van der Waals surface area contributed by atoms with E-state index in [1.807, 2.05) is 0 Å². The maximum atomic E-state index is 5.88. The van der Waals surface area contributed by atoms with Gasteiger partial charge in [-0.3, -0.25) is 0 Å². The van der Waals surface area contributed by atoms with Crippen molar-refractivity contribution in [2.75, 3.05) is 46.8 Å². The van der Waals surface area contributed by atoms with Gasteiger partial charge in [0.2, 0.25) is 0 Å². The average Bonchev–Trinajstić information content (AvgIpc) is 2.24. The molecule has 0 saturated carbocycles. The van der Waals surface area contributed by atoms with Crippen LogP contribution in [0.3, 0.4) is 0 Å². The summed E-state index contributed by atoms with van der Waals surface area (Å²) in [7, 11) is 4.28. The summed E-state index contributed by atoms with van der Waals surface area (Å²) in [6.45, 7) is 12.3. The quantitative estimate of drug-likeness (QED) is 0.636. The van der Waals surface area contributed by atoms with E-state index in [0.29, 0.717) is 5.92 Å². The molecule has 0 amide bonds. The molecule has 3 nitrogen and oxygen atoms in total. The van der Waals surface area contributed by atoms with Gasteiger partial charge in [0.1, 0.15) is 0 Å². The van der Waals surface area contributed by atoms with Gasteiger partial charge in [-0.05, 0) is 51.9 Å². The first-order valence-electron chi connectivity index (χ1n) is 7.06. The highest BCUT2D eigenvalue weighted by atomic mass is 15.2. The molecule has 0 aliphatic carbocycles. The Morgan fingerprint density at radius 2 is 1.71 bits per heavy atom. The molecule has 0 fully saturated rings. The van der Waals surface area contributed by atoms with Gasteiger partial charge in [-0.25, -0.2) is 0 Å². The van der Waals surface area contributed by atoms with E-state index >= 15 is 0 Å². The van der Waals surface area contributed by atoms with E-state index in [-0.39, 0.29) is 0 Å². The minimum Gasteiger partial charge on any atom is -0.330 e. The summed E-state index contributed by atoms with van der Waals surface area (Å²) in [4.78, 5) is 4.82. The Hall–Kier alpha value is -0.120. The van der Waals surface area contributed by atoms with Crippen LogP contribution in [0, 0.1) is 11.8 Å². The second-order valence-electron chi connectivity index (χ2n) is 5.84. The fourth-order valence-corrected chi connectivity index (χ4v) is 2.23. The minimum atomic E-state index is 0.656. The van der Waals surface area contributed by atoms with Crippen molar-refractivity contribution in [3.05, 3.63) is 0 Å². The lowest BCUT2D eigenvalue weighted by molar-refractivity contribution is 0.199. The third-order valence-corrected chi connectivity index (χ3v) is 3.06. The molecule has 3 heteroatoms. The molecule has 0 aliphatic rings. The lowest BCUT2D eigenvalue weighted by Crippen LogP contribution is -2.38. The van der Waals surface area contributed by atoms with E-state index in [2.05, 4.69) is 44.7 Å². The van der Waals surface area contributed by atoms with Crippen molar-refractivity contribution in [3.63, 3.8) is 0 Å². The molecule has 0 aromatic heterocycles. The van der Waals surface area contributed by atoms with Crippen molar-refractivity contribution in [1.82, 2.24) is 9.80 Å². The standard InChI is InChI=1S/C14H33N3/c1-6-7-17(9-8-16(4)5)12-14(11-15)10-13(2)3/h13-14H,6-12,15H2,1-5H3. The second kappa shape index (κ2) is 9.86. The van der Waals surface area contributed by atoms with Gasteiger partial charge in [0.05, 0.1) is 0 Å². The highest BCUT2D eigenvalue weighted by Gasteiger charge is 2.14. The van der Waals surface area contributed by atoms with Crippen LogP contribution in [0.5, 0.6) is 0 Å². The third-order valence-electron chi connectivity index (χ3n) is 3.06. The molecule has 0 aliphatic heterocycles. The van der Waals surface area contributed by atoms with Gasteiger partial charge in [-0.15, -0.1) is 0 Å². The molecule has 0 spiro atoms. The van der Waals surface area contributed by atoms with Crippen LogP contribution < -0.4 is 5.73 Å². The van der Waals surface area contributed by atoms with Crippen molar-refractivity contribution < 1.29 is 0 Å². The molecule has 1 atom stereocenters. The van der Waals surface area contributed by atoms with E-state index in [4.69, 9.17) is 5.73 Å². The number of nitrogens with zero attached hydrogens (tertiary/aromatic N) is 2. The molecule has 0 bridgehead atoms. The van der Waals surface area contributed by atoms with E-state index in [1.165, 1.54) is 19.4 Å². The van der Waals surface area contributed by atoms with Crippen LogP contribution in [0.15, 0.2) is 0 Å². The van der Waals surface area contributed by atoms with Crippen LogP contribution in [0.2, 0.25) is 0 Å². The predicted molar refractivity (Wildman–Crippen MR) is 77.3 cm³/mol. The van der Waals surface area contributed by atoms with E-state index in [1.54, 1.807) is 0 Å². The monoisotopic (exact) mass is 243 g/mol. The van der Waals surface area contributed by atoms with E-state index in [0.717, 1.165) is 32.1 Å². The zero-order chi connectivity index (χ0) is 13.3. The molecule has 2 N–H and O–H groups in total.